The number of piperazine rings is 1. The fourth-order valence-corrected chi connectivity index (χ4v) is 2.93. The molecule has 1 saturated heterocycles. The largest absolute Gasteiger partial charge is 0.364 e. The molecule has 0 atom stereocenters. The minimum atomic E-state index is 0.577. The minimum absolute atomic E-state index is 0.577. The minimum Gasteiger partial charge on any atom is -0.364 e. The maximum Gasteiger partial charge on any atom is 0.143 e. The second kappa shape index (κ2) is 8.02. The lowest BCUT2D eigenvalue weighted by molar-refractivity contribution is 0.312. The first-order valence-electron chi connectivity index (χ1n) is 8.69. The van der Waals surface area contributed by atoms with Crippen molar-refractivity contribution in [3.05, 3.63) is 41.5 Å². The van der Waals surface area contributed by atoms with Crippen LogP contribution in [0.1, 0.15) is 23.9 Å². The monoisotopic (exact) mass is 339 g/mol. The average Bonchev–Trinajstić information content (AvgIpc) is 2.66. The highest BCUT2D eigenvalue weighted by Crippen LogP contribution is 2.23. The molecule has 1 aliphatic heterocycles. The molecule has 1 fully saturated rings. The van der Waals surface area contributed by atoms with Gasteiger partial charge in [-0.2, -0.15) is 0 Å². The number of likely N-dealkylation sites (N-methyl/N-ethyl adjacent to an activating group) is 1. The summed E-state index contributed by atoms with van der Waals surface area (Å²) in [5.41, 5.74) is 2.78. The molecular weight excluding hydrogens is 314 g/mol. The van der Waals surface area contributed by atoms with Crippen LogP contribution in [0.5, 0.6) is 0 Å². The van der Waals surface area contributed by atoms with Crippen molar-refractivity contribution in [2.45, 2.75) is 19.9 Å². The zero-order chi connectivity index (χ0) is 17.6. The normalized spacial score (nSPS) is 15.2. The Hall–Kier alpha value is -2.54. The van der Waals surface area contributed by atoms with Gasteiger partial charge in [0.1, 0.15) is 18.0 Å². The summed E-state index contributed by atoms with van der Waals surface area (Å²) in [6, 6.07) is 6.05. The molecule has 0 aromatic carbocycles. The summed E-state index contributed by atoms with van der Waals surface area (Å²) in [5.74, 6) is 1.51. The van der Waals surface area contributed by atoms with Gasteiger partial charge in [0, 0.05) is 38.1 Å². The van der Waals surface area contributed by atoms with Crippen molar-refractivity contribution in [1.29, 1.82) is 5.41 Å². The van der Waals surface area contributed by atoms with Crippen LogP contribution in [0.4, 0.5) is 11.6 Å². The van der Waals surface area contributed by atoms with Gasteiger partial charge in [0.2, 0.25) is 0 Å². The van der Waals surface area contributed by atoms with Crippen LogP contribution in [0.2, 0.25) is 0 Å². The average molecular weight is 339 g/mol. The lowest BCUT2D eigenvalue weighted by atomic mass is 10.2. The first-order valence-corrected chi connectivity index (χ1v) is 8.69. The standard InChI is InChI=1S/C18H25N7/c1-3-14-5-4-6-15(23-14)12-20-17-16(11-19)18(22-13-21-17)25-9-7-24(2)8-10-25/h4-6,11,13,19H,3,7-10,12H2,1-2H3,(H,20,21,22). The lowest BCUT2D eigenvalue weighted by Crippen LogP contribution is -2.45. The number of hydrogen-bond donors (Lipinski definition) is 2. The first kappa shape index (κ1) is 17.3. The maximum absolute atomic E-state index is 7.83. The first-order chi connectivity index (χ1) is 12.2. The summed E-state index contributed by atoms with van der Waals surface area (Å²) < 4.78 is 0. The topological polar surface area (TPSA) is 81.0 Å². The Morgan fingerprint density at radius 2 is 1.92 bits per heavy atom. The number of nitrogens with one attached hydrogen (secondary N) is 2. The summed E-state index contributed by atoms with van der Waals surface area (Å²) in [4.78, 5) is 17.9. The molecule has 3 rings (SSSR count). The second-order valence-corrected chi connectivity index (χ2v) is 6.22. The molecule has 7 heteroatoms. The maximum atomic E-state index is 7.83. The Morgan fingerprint density at radius 1 is 1.16 bits per heavy atom. The molecule has 0 aliphatic carbocycles. The summed E-state index contributed by atoms with van der Waals surface area (Å²) in [6.07, 6.45) is 3.82. The van der Waals surface area contributed by atoms with E-state index in [2.05, 4.69) is 44.0 Å². The highest BCUT2D eigenvalue weighted by atomic mass is 15.3. The lowest BCUT2D eigenvalue weighted by Gasteiger charge is -2.34. The highest BCUT2D eigenvalue weighted by Gasteiger charge is 2.19. The molecule has 0 saturated carbocycles. The highest BCUT2D eigenvalue weighted by molar-refractivity contribution is 5.90. The molecule has 2 aromatic heterocycles. The molecule has 2 N–H and O–H groups in total. The second-order valence-electron chi connectivity index (χ2n) is 6.22. The van der Waals surface area contributed by atoms with Crippen molar-refractivity contribution in [2.75, 3.05) is 43.4 Å². The van der Waals surface area contributed by atoms with Gasteiger partial charge >= 0.3 is 0 Å². The van der Waals surface area contributed by atoms with E-state index in [0.29, 0.717) is 12.4 Å². The number of aryl methyl sites for hydroxylation is 1. The molecule has 0 unspecified atom stereocenters. The zero-order valence-electron chi connectivity index (χ0n) is 14.9. The van der Waals surface area contributed by atoms with Crippen LogP contribution < -0.4 is 10.2 Å². The van der Waals surface area contributed by atoms with E-state index in [-0.39, 0.29) is 0 Å². The molecule has 3 heterocycles. The number of pyridine rings is 1. The van der Waals surface area contributed by atoms with Gasteiger partial charge in [0.25, 0.3) is 0 Å². The predicted molar refractivity (Wildman–Crippen MR) is 101 cm³/mol. The van der Waals surface area contributed by atoms with E-state index >= 15 is 0 Å². The van der Waals surface area contributed by atoms with Crippen molar-refractivity contribution in [2.24, 2.45) is 0 Å². The summed E-state index contributed by atoms with van der Waals surface area (Å²) in [5, 5.41) is 11.2. The van der Waals surface area contributed by atoms with E-state index in [1.807, 2.05) is 18.2 Å². The van der Waals surface area contributed by atoms with Gasteiger partial charge in [-0.05, 0) is 25.6 Å². The summed E-state index contributed by atoms with van der Waals surface area (Å²) >= 11 is 0. The number of hydrogen-bond acceptors (Lipinski definition) is 7. The van der Waals surface area contributed by atoms with E-state index in [1.54, 1.807) is 6.33 Å². The molecule has 0 spiro atoms. The third-order valence-corrected chi connectivity index (χ3v) is 4.47. The van der Waals surface area contributed by atoms with Crippen molar-refractivity contribution < 1.29 is 0 Å². The molecule has 0 bridgehead atoms. The number of anilines is 2. The number of aromatic nitrogens is 3. The Kier molecular flexibility index (Phi) is 5.55. The van der Waals surface area contributed by atoms with E-state index in [1.165, 1.54) is 6.21 Å². The smallest absolute Gasteiger partial charge is 0.143 e. The van der Waals surface area contributed by atoms with Crippen molar-refractivity contribution in [3.8, 4) is 0 Å². The molecule has 1 aliphatic rings. The van der Waals surface area contributed by atoms with Gasteiger partial charge in [-0.25, -0.2) is 9.97 Å². The van der Waals surface area contributed by atoms with Crippen LogP contribution in [0, 0.1) is 5.41 Å². The van der Waals surface area contributed by atoms with E-state index in [0.717, 1.165) is 55.4 Å². The van der Waals surface area contributed by atoms with Gasteiger partial charge in [-0.15, -0.1) is 0 Å². The quantitative estimate of drug-likeness (QED) is 0.781. The third kappa shape index (κ3) is 4.11. The predicted octanol–water partition coefficient (Wildman–Crippen LogP) is 1.80. The van der Waals surface area contributed by atoms with Crippen LogP contribution in [0.15, 0.2) is 24.5 Å². The van der Waals surface area contributed by atoms with Crippen LogP contribution >= 0.6 is 0 Å². The van der Waals surface area contributed by atoms with Gasteiger partial charge in [0.15, 0.2) is 0 Å². The van der Waals surface area contributed by atoms with Crippen molar-refractivity contribution in [3.63, 3.8) is 0 Å². The van der Waals surface area contributed by atoms with Gasteiger partial charge < -0.3 is 20.5 Å². The van der Waals surface area contributed by atoms with E-state index in [9.17, 15) is 0 Å². The number of rotatable bonds is 6. The molecule has 0 amide bonds. The molecular formula is C18H25N7. The molecule has 132 valence electrons. The van der Waals surface area contributed by atoms with E-state index < -0.39 is 0 Å². The van der Waals surface area contributed by atoms with Crippen LogP contribution in [0.3, 0.4) is 0 Å². The van der Waals surface area contributed by atoms with Gasteiger partial charge in [-0.3, -0.25) is 4.98 Å². The Morgan fingerprint density at radius 3 is 2.64 bits per heavy atom. The Labute approximate surface area is 148 Å². The fraction of sp³-hybridized carbons (Fsp3) is 0.444. The molecule has 25 heavy (non-hydrogen) atoms. The Balaban J connectivity index is 1.77. The molecule has 0 radical (unpaired) electrons. The van der Waals surface area contributed by atoms with E-state index in [4.69, 9.17) is 5.41 Å². The van der Waals surface area contributed by atoms with Crippen LogP contribution in [0.25, 0.3) is 0 Å². The van der Waals surface area contributed by atoms with Crippen LogP contribution in [-0.2, 0) is 13.0 Å². The van der Waals surface area contributed by atoms with Crippen LogP contribution in [-0.4, -0.2) is 59.3 Å². The fourth-order valence-electron chi connectivity index (χ4n) is 2.93. The molecule has 2 aromatic rings. The SMILES string of the molecule is CCc1cccc(CNc2ncnc(N3CCN(C)CC3)c2C=N)n1. The Bertz CT molecular complexity index is 723. The van der Waals surface area contributed by atoms with Gasteiger partial charge in [0.05, 0.1) is 17.8 Å². The van der Waals surface area contributed by atoms with Gasteiger partial charge in [-0.1, -0.05) is 13.0 Å². The summed E-state index contributed by atoms with van der Waals surface area (Å²) in [7, 11) is 2.12. The zero-order valence-corrected chi connectivity index (χ0v) is 14.9. The van der Waals surface area contributed by atoms with Crippen molar-refractivity contribution in [1.82, 2.24) is 19.9 Å². The summed E-state index contributed by atoms with van der Waals surface area (Å²) in [6.45, 7) is 6.49. The molecule has 7 nitrogen and oxygen atoms in total. The third-order valence-electron chi connectivity index (χ3n) is 4.47. The van der Waals surface area contributed by atoms with Crippen molar-refractivity contribution >= 4 is 17.9 Å². The number of nitrogens with zero attached hydrogens (tertiary/aromatic N) is 5.